The van der Waals surface area contributed by atoms with E-state index < -0.39 is 0 Å². The van der Waals surface area contributed by atoms with Crippen LogP contribution in [0.3, 0.4) is 0 Å². The van der Waals surface area contributed by atoms with E-state index in [1.807, 2.05) is 18.2 Å². The van der Waals surface area contributed by atoms with Crippen LogP contribution in [0.4, 0.5) is 0 Å². The number of phenolic OH excluding ortho intramolecular Hbond substituents is 2. The highest BCUT2D eigenvalue weighted by atomic mass is 16.5. The third-order valence-corrected chi connectivity index (χ3v) is 4.47. The molecule has 3 nitrogen and oxygen atoms in total. The van der Waals surface area contributed by atoms with Crippen molar-refractivity contribution in [3.63, 3.8) is 0 Å². The number of aromatic hydroxyl groups is 2. The fraction of sp³-hybridized carbons (Fsp3) is 0.294. The minimum atomic E-state index is -0.155. The van der Waals surface area contributed by atoms with Gasteiger partial charge in [0.2, 0.25) is 0 Å². The molecule has 0 aliphatic carbocycles. The summed E-state index contributed by atoms with van der Waals surface area (Å²) < 4.78 is 5.85. The second-order valence-electron chi connectivity index (χ2n) is 5.70. The standard InChI is InChI=1S/C17H18O3/c1-11-15-8-7-14(19)9-16(15)20-10-17(11,2)12-3-5-13(18)6-4-12/h3-9,11,18-19H,10H2,1-2H3/t11-,17+/m1/s1. The zero-order chi connectivity index (χ0) is 14.3. The zero-order valence-corrected chi connectivity index (χ0v) is 11.6. The van der Waals surface area contributed by atoms with Gasteiger partial charge in [-0.3, -0.25) is 0 Å². The number of phenols is 2. The van der Waals surface area contributed by atoms with Gasteiger partial charge in [-0.15, -0.1) is 0 Å². The Hall–Kier alpha value is -2.16. The number of ether oxygens (including phenoxy) is 1. The maximum Gasteiger partial charge on any atom is 0.126 e. The van der Waals surface area contributed by atoms with Gasteiger partial charge in [0.25, 0.3) is 0 Å². The predicted molar refractivity (Wildman–Crippen MR) is 77.5 cm³/mol. The Labute approximate surface area is 118 Å². The Bertz CT molecular complexity index is 633. The number of rotatable bonds is 1. The predicted octanol–water partition coefficient (Wildman–Crippen LogP) is 3.55. The highest BCUT2D eigenvalue weighted by molar-refractivity contribution is 5.47. The van der Waals surface area contributed by atoms with Crippen molar-refractivity contribution in [3.8, 4) is 17.2 Å². The van der Waals surface area contributed by atoms with E-state index in [1.54, 1.807) is 24.3 Å². The van der Waals surface area contributed by atoms with Crippen LogP contribution in [0.1, 0.15) is 30.9 Å². The summed E-state index contributed by atoms with van der Waals surface area (Å²) in [7, 11) is 0. The molecule has 0 radical (unpaired) electrons. The third kappa shape index (κ3) is 1.90. The van der Waals surface area contributed by atoms with Crippen LogP contribution in [0.15, 0.2) is 42.5 Å². The van der Waals surface area contributed by atoms with E-state index >= 15 is 0 Å². The van der Waals surface area contributed by atoms with E-state index in [0.717, 1.165) is 16.9 Å². The topological polar surface area (TPSA) is 49.7 Å². The maximum atomic E-state index is 9.54. The van der Waals surface area contributed by atoms with Gasteiger partial charge in [0, 0.05) is 11.5 Å². The molecule has 0 unspecified atom stereocenters. The molecule has 0 bridgehead atoms. The average molecular weight is 270 g/mol. The molecule has 1 aliphatic rings. The Morgan fingerprint density at radius 3 is 2.40 bits per heavy atom. The maximum absolute atomic E-state index is 9.54. The Kier molecular flexibility index (Phi) is 2.85. The SMILES string of the molecule is C[C@@H]1c2ccc(O)cc2OC[C@]1(C)c1ccc(O)cc1. The van der Waals surface area contributed by atoms with Crippen molar-refractivity contribution in [1.82, 2.24) is 0 Å². The second kappa shape index (κ2) is 4.44. The fourth-order valence-corrected chi connectivity index (χ4v) is 2.88. The monoisotopic (exact) mass is 270 g/mol. The molecule has 2 N–H and O–H groups in total. The number of hydrogen-bond donors (Lipinski definition) is 2. The van der Waals surface area contributed by atoms with Gasteiger partial charge in [-0.2, -0.15) is 0 Å². The molecule has 104 valence electrons. The first-order valence-electron chi connectivity index (χ1n) is 6.76. The molecular weight excluding hydrogens is 252 g/mol. The quantitative estimate of drug-likeness (QED) is 0.833. The summed E-state index contributed by atoms with van der Waals surface area (Å²) in [5.41, 5.74) is 2.09. The smallest absolute Gasteiger partial charge is 0.126 e. The highest BCUT2D eigenvalue weighted by Crippen LogP contribution is 2.47. The Balaban J connectivity index is 2.04. The van der Waals surface area contributed by atoms with Crippen molar-refractivity contribution in [3.05, 3.63) is 53.6 Å². The largest absolute Gasteiger partial charge is 0.508 e. The van der Waals surface area contributed by atoms with Crippen LogP contribution in [-0.4, -0.2) is 16.8 Å². The summed E-state index contributed by atoms with van der Waals surface area (Å²) in [5.74, 6) is 1.52. The molecule has 3 heteroatoms. The van der Waals surface area contributed by atoms with E-state index in [9.17, 15) is 10.2 Å². The lowest BCUT2D eigenvalue weighted by atomic mass is 9.69. The average Bonchev–Trinajstić information content (AvgIpc) is 2.44. The van der Waals surface area contributed by atoms with Crippen molar-refractivity contribution < 1.29 is 14.9 Å². The molecule has 2 aromatic rings. The Morgan fingerprint density at radius 2 is 1.70 bits per heavy atom. The molecule has 3 rings (SSSR count). The molecule has 0 fully saturated rings. The van der Waals surface area contributed by atoms with Crippen LogP contribution in [0.25, 0.3) is 0 Å². The van der Waals surface area contributed by atoms with Gasteiger partial charge >= 0.3 is 0 Å². The molecular formula is C17H18O3. The van der Waals surface area contributed by atoms with Gasteiger partial charge in [-0.1, -0.05) is 32.0 Å². The van der Waals surface area contributed by atoms with Crippen LogP contribution >= 0.6 is 0 Å². The number of benzene rings is 2. The third-order valence-electron chi connectivity index (χ3n) is 4.47. The molecule has 20 heavy (non-hydrogen) atoms. The first-order valence-corrected chi connectivity index (χ1v) is 6.76. The second-order valence-corrected chi connectivity index (χ2v) is 5.70. The van der Waals surface area contributed by atoms with Gasteiger partial charge in [-0.05, 0) is 35.2 Å². The van der Waals surface area contributed by atoms with E-state index in [1.165, 1.54) is 0 Å². The highest BCUT2D eigenvalue weighted by Gasteiger charge is 2.39. The summed E-state index contributed by atoms with van der Waals surface area (Å²) in [6.07, 6.45) is 0. The molecule has 2 aromatic carbocycles. The molecule has 0 amide bonds. The minimum absolute atomic E-state index is 0.155. The molecule has 1 aliphatic heterocycles. The molecule has 0 spiro atoms. The van der Waals surface area contributed by atoms with Crippen LogP contribution in [0.2, 0.25) is 0 Å². The van der Waals surface area contributed by atoms with Crippen LogP contribution in [0, 0.1) is 0 Å². The van der Waals surface area contributed by atoms with Crippen molar-refractivity contribution >= 4 is 0 Å². The summed E-state index contributed by atoms with van der Waals surface area (Å²) in [6.45, 7) is 4.89. The van der Waals surface area contributed by atoms with E-state index in [0.29, 0.717) is 6.61 Å². The lowest BCUT2D eigenvalue weighted by Crippen LogP contribution is -2.39. The summed E-state index contributed by atoms with van der Waals surface area (Å²) in [4.78, 5) is 0. The van der Waals surface area contributed by atoms with Crippen molar-refractivity contribution in [2.75, 3.05) is 6.61 Å². The van der Waals surface area contributed by atoms with E-state index in [-0.39, 0.29) is 22.8 Å². The molecule has 0 saturated carbocycles. The molecule has 2 atom stereocenters. The lowest BCUT2D eigenvalue weighted by molar-refractivity contribution is 0.175. The normalized spacial score (nSPS) is 24.8. The van der Waals surface area contributed by atoms with Crippen molar-refractivity contribution in [1.29, 1.82) is 0 Å². The van der Waals surface area contributed by atoms with E-state index in [2.05, 4.69) is 13.8 Å². The number of fused-ring (bicyclic) bond motifs is 1. The van der Waals surface area contributed by atoms with Gasteiger partial charge in [-0.25, -0.2) is 0 Å². The van der Waals surface area contributed by atoms with Gasteiger partial charge in [0.1, 0.15) is 17.2 Å². The number of hydrogen-bond acceptors (Lipinski definition) is 3. The molecule has 0 aromatic heterocycles. The van der Waals surface area contributed by atoms with E-state index in [4.69, 9.17) is 4.74 Å². The zero-order valence-electron chi connectivity index (χ0n) is 11.6. The first-order chi connectivity index (χ1) is 9.50. The minimum Gasteiger partial charge on any atom is -0.508 e. The Morgan fingerprint density at radius 1 is 1.05 bits per heavy atom. The van der Waals surface area contributed by atoms with Gasteiger partial charge in [0.15, 0.2) is 0 Å². The molecule has 1 heterocycles. The van der Waals surface area contributed by atoms with Gasteiger partial charge in [0.05, 0.1) is 6.61 Å². The summed E-state index contributed by atoms with van der Waals surface area (Å²) in [5, 5.41) is 19.0. The fourth-order valence-electron chi connectivity index (χ4n) is 2.88. The van der Waals surface area contributed by atoms with Crippen molar-refractivity contribution in [2.45, 2.75) is 25.2 Å². The van der Waals surface area contributed by atoms with Crippen LogP contribution in [-0.2, 0) is 5.41 Å². The lowest BCUT2D eigenvalue weighted by Gasteiger charge is -2.41. The van der Waals surface area contributed by atoms with Crippen LogP contribution in [0.5, 0.6) is 17.2 Å². The van der Waals surface area contributed by atoms with Crippen molar-refractivity contribution in [2.24, 2.45) is 0 Å². The first kappa shape index (κ1) is 12.9. The van der Waals surface area contributed by atoms with Crippen LogP contribution < -0.4 is 4.74 Å². The summed E-state index contributed by atoms with van der Waals surface area (Å²) in [6, 6.07) is 12.6. The summed E-state index contributed by atoms with van der Waals surface area (Å²) >= 11 is 0. The molecule has 0 saturated heterocycles. The van der Waals surface area contributed by atoms with Gasteiger partial charge < -0.3 is 14.9 Å².